The average molecular weight is 283 g/mol. The van der Waals surface area contributed by atoms with Gasteiger partial charge in [0.25, 0.3) is 0 Å². The zero-order valence-electron chi connectivity index (χ0n) is 11.1. The minimum atomic E-state index is -0.202. The van der Waals surface area contributed by atoms with Crippen molar-refractivity contribution >= 4 is 22.6 Å². The first kappa shape index (κ1) is 13.1. The van der Waals surface area contributed by atoms with Gasteiger partial charge in [-0.3, -0.25) is 14.8 Å². The highest BCUT2D eigenvalue weighted by molar-refractivity contribution is 5.92. The van der Waals surface area contributed by atoms with Gasteiger partial charge in [0, 0.05) is 24.6 Å². The highest BCUT2D eigenvalue weighted by Crippen LogP contribution is 2.14. The maximum Gasteiger partial charge on any atom is 0.246 e. The molecule has 0 radical (unpaired) electrons. The number of nitrogens with one attached hydrogen (secondary N) is 1. The molecule has 0 unspecified atom stereocenters. The number of hydrogen-bond donors (Lipinski definition) is 2. The fraction of sp³-hybridized carbons (Fsp3) is 0.154. The average Bonchev–Trinajstić information content (AvgIpc) is 2.94. The maximum absolute atomic E-state index is 11.9. The van der Waals surface area contributed by atoms with Crippen molar-refractivity contribution in [3.05, 3.63) is 42.5 Å². The zero-order valence-corrected chi connectivity index (χ0v) is 11.1. The number of nitrogens with zero attached hydrogens (tertiary/aromatic N) is 5. The molecule has 2 heterocycles. The summed E-state index contributed by atoms with van der Waals surface area (Å²) >= 11 is 0. The van der Waals surface area contributed by atoms with Gasteiger partial charge < -0.3 is 11.1 Å². The Morgan fingerprint density at radius 1 is 1.24 bits per heavy atom. The predicted octanol–water partition coefficient (Wildman–Crippen LogP) is 0.319. The number of hydrogen-bond acceptors (Lipinski definition) is 6. The Kier molecular flexibility index (Phi) is 3.52. The molecule has 0 fully saturated rings. The van der Waals surface area contributed by atoms with Gasteiger partial charge in [0.15, 0.2) is 0 Å². The Morgan fingerprint density at radius 2 is 2.05 bits per heavy atom. The lowest BCUT2D eigenvalue weighted by Crippen LogP contribution is -2.19. The van der Waals surface area contributed by atoms with Crippen LogP contribution in [0.2, 0.25) is 0 Å². The number of nitrogens with two attached hydrogens (primary N) is 1. The van der Waals surface area contributed by atoms with Crippen molar-refractivity contribution in [2.24, 2.45) is 5.73 Å². The van der Waals surface area contributed by atoms with E-state index in [1.54, 1.807) is 36.8 Å². The van der Waals surface area contributed by atoms with Crippen molar-refractivity contribution in [3.63, 3.8) is 0 Å². The van der Waals surface area contributed by atoms with E-state index in [0.29, 0.717) is 17.9 Å². The van der Waals surface area contributed by atoms with Crippen LogP contribution >= 0.6 is 0 Å². The van der Waals surface area contributed by atoms with Gasteiger partial charge in [-0.2, -0.15) is 0 Å². The van der Waals surface area contributed by atoms with Gasteiger partial charge in [0.05, 0.1) is 22.9 Å². The van der Waals surface area contributed by atoms with Gasteiger partial charge in [0.2, 0.25) is 5.91 Å². The van der Waals surface area contributed by atoms with Crippen LogP contribution in [0.5, 0.6) is 0 Å². The number of fused-ring (bicyclic) bond motifs is 1. The molecule has 3 aromatic rings. The predicted molar refractivity (Wildman–Crippen MR) is 76.1 cm³/mol. The number of amides is 1. The molecule has 0 atom stereocenters. The smallest absolute Gasteiger partial charge is 0.246 e. The summed E-state index contributed by atoms with van der Waals surface area (Å²) in [6.45, 7) is 0.371. The van der Waals surface area contributed by atoms with Crippen LogP contribution in [0.25, 0.3) is 11.0 Å². The van der Waals surface area contributed by atoms with Crippen LogP contribution in [-0.4, -0.2) is 30.9 Å². The van der Waals surface area contributed by atoms with Gasteiger partial charge in [-0.15, -0.1) is 5.10 Å². The first-order chi connectivity index (χ1) is 10.2. The van der Waals surface area contributed by atoms with Crippen LogP contribution in [-0.2, 0) is 17.9 Å². The number of aromatic nitrogens is 5. The Labute approximate surface area is 120 Å². The fourth-order valence-corrected chi connectivity index (χ4v) is 1.90. The summed E-state index contributed by atoms with van der Waals surface area (Å²) in [5.74, 6) is -0.202. The highest BCUT2D eigenvalue weighted by atomic mass is 16.2. The number of anilines is 1. The molecule has 0 bridgehead atoms. The SMILES string of the molecule is NCc1cn(CC(=O)Nc2ccc3nccnc3c2)nn1. The van der Waals surface area contributed by atoms with Gasteiger partial charge >= 0.3 is 0 Å². The molecule has 1 aromatic carbocycles. The van der Waals surface area contributed by atoms with E-state index < -0.39 is 0 Å². The first-order valence-electron chi connectivity index (χ1n) is 6.34. The van der Waals surface area contributed by atoms with E-state index >= 15 is 0 Å². The molecule has 0 aliphatic carbocycles. The number of carbonyl (C=O) groups excluding carboxylic acids is 1. The van der Waals surface area contributed by atoms with Gasteiger partial charge in [-0.25, -0.2) is 4.68 Å². The summed E-state index contributed by atoms with van der Waals surface area (Å²) in [4.78, 5) is 20.3. The van der Waals surface area contributed by atoms with Crippen molar-refractivity contribution in [1.29, 1.82) is 0 Å². The number of carbonyl (C=O) groups is 1. The Bertz CT molecular complexity index is 783. The van der Waals surface area contributed by atoms with Crippen molar-refractivity contribution < 1.29 is 4.79 Å². The summed E-state index contributed by atoms with van der Waals surface area (Å²) in [5, 5.41) is 10.4. The van der Waals surface area contributed by atoms with Crippen molar-refractivity contribution in [3.8, 4) is 0 Å². The molecule has 8 heteroatoms. The highest BCUT2D eigenvalue weighted by Gasteiger charge is 2.07. The molecule has 3 rings (SSSR count). The third-order valence-electron chi connectivity index (χ3n) is 2.85. The molecule has 2 aromatic heterocycles. The number of rotatable bonds is 4. The minimum Gasteiger partial charge on any atom is -0.325 e. The third kappa shape index (κ3) is 3.00. The lowest BCUT2D eigenvalue weighted by atomic mass is 10.2. The lowest BCUT2D eigenvalue weighted by molar-refractivity contribution is -0.116. The fourth-order valence-electron chi connectivity index (χ4n) is 1.90. The zero-order chi connectivity index (χ0) is 14.7. The van der Waals surface area contributed by atoms with E-state index in [0.717, 1.165) is 11.0 Å². The molecule has 0 saturated carbocycles. The van der Waals surface area contributed by atoms with E-state index in [2.05, 4.69) is 25.6 Å². The molecule has 8 nitrogen and oxygen atoms in total. The standard InChI is InChI=1S/C13H13N7O/c14-6-10-7-20(19-18-10)8-13(21)17-9-1-2-11-12(5-9)16-4-3-15-11/h1-5,7H,6,8,14H2,(H,17,21). The summed E-state index contributed by atoms with van der Waals surface area (Å²) in [6, 6.07) is 5.36. The Balaban J connectivity index is 1.70. The van der Waals surface area contributed by atoms with Crippen molar-refractivity contribution in [2.45, 2.75) is 13.1 Å². The van der Waals surface area contributed by atoms with Crippen LogP contribution in [0.1, 0.15) is 5.69 Å². The molecular weight excluding hydrogens is 270 g/mol. The third-order valence-corrected chi connectivity index (χ3v) is 2.85. The molecule has 0 saturated heterocycles. The minimum absolute atomic E-state index is 0.0749. The second-order valence-electron chi connectivity index (χ2n) is 4.42. The molecule has 1 amide bonds. The van der Waals surface area contributed by atoms with Crippen LogP contribution in [0.3, 0.4) is 0 Å². The Morgan fingerprint density at radius 3 is 2.81 bits per heavy atom. The quantitative estimate of drug-likeness (QED) is 0.713. The monoisotopic (exact) mass is 283 g/mol. The van der Waals surface area contributed by atoms with Crippen LogP contribution in [0.4, 0.5) is 5.69 Å². The summed E-state index contributed by atoms with van der Waals surface area (Å²) in [6.07, 6.45) is 4.88. The summed E-state index contributed by atoms with van der Waals surface area (Å²) in [5.41, 5.74) is 8.24. The lowest BCUT2D eigenvalue weighted by Gasteiger charge is -2.05. The molecule has 0 aliphatic heterocycles. The summed E-state index contributed by atoms with van der Waals surface area (Å²) in [7, 11) is 0. The molecule has 106 valence electrons. The van der Waals surface area contributed by atoms with E-state index in [1.807, 2.05) is 0 Å². The van der Waals surface area contributed by atoms with E-state index in [9.17, 15) is 4.79 Å². The number of benzene rings is 1. The van der Waals surface area contributed by atoms with Crippen LogP contribution in [0.15, 0.2) is 36.8 Å². The van der Waals surface area contributed by atoms with Crippen LogP contribution in [0, 0.1) is 0 Å². The largest absolute Gasteiger partial charge is 0.325 e. The van der Waals surface area contributed by atoms with Crippen LogP contribution < -0.4 is 11.1 Å². The van der Waals surface area contributed by atoms with E-state index in [1.165, 1.54) is 4.68 Å². The molecule has 0 aliphatic rings. The maximum atomic E-state index is 11.9. The first-order valence-corrected chi connectivity index (χ1v) is 6.34. The second kappa shape index (κ2) is 5.63. The van der Waals surface area contributed by atoms with Crippen molar-refractivity contribution in [1.82, 2.24) is 25.0 Å². The molecular formula is C13H13N7O. The summed E-state index contributed by atoms with van der Waals surface area (Å²) < 4.78 is 1.44. The van der Waals surface area contributed by atoms with E-state index in [-0.39, 0.29) is 12.5 Å². The second-order valence-corrected chi connectivity index (χ2v) is 4.42. The van der Waals surface area contributed by atoms with E-state index in [4.69, 9.17) is 5.73 Å². The topological polar surface area (TPSA) is 112 Å². The van der Waals surface area contributed by atoms with Gasteiger partial charge in [-0.1, -0.05) is 5.21 Å². The Hall–Kier alpha value is -2.87. The normalized spacial score (nSPS) is 10.7. The van der Waals surface area contributed by atoms with Gasteiger partial charge in [0.1, 0.15) is 6.54 Å². The van der Waals surface area contributed by atoms with Crippen molar-refractivity contribution in [2.75, 3.05) is 5.32 Å². The van der Waals surface area contributed by atoms with Gasteiger partial charge in [-0.05, 0) is 18.2 Å². The molecule has 0 spiro atoms. The molecule has 3 N–H and O–H groups in total. The molecule has 21 heavy (non-hydrogen) atoms.